The van der Waals surface area contributed by atoms with Crippen molar-refractivity contribution in [2.24, 2.45) is 0 Å². The number of aliphatic hydroxyl groups excluding tert-OH is 1. The monoisotopic (exact) mass is 867 g/mol. The number of carboxylic acids is 1. The number of nitrogens with zero attached hydrogens (tertiary/aromatic N) is 3. The van der Waals surface area contributed by atoms with Crippen LogP contribution in [-0.4, -0.2) is 91.3 Å². The van der Waals surface area contributed by atoms with Gasteiger partial charge in [-0.3, -0.25) is 24.5 Å². The maximum atomic E-state index is 12.3. The quantitative estimate of drug-likeness (QED) is 0.110. The van der Waals surface area contributed by atoms with Crippen LogP contribution in [0.2, 0.25) is 0 Å². The first-order valence-corrected chi connectivity index (χ1v) is 20.0. The third-order valence-electron chi connectivity index (χ3n) is 9.38. The first-order valence-electron chi connectivity index (χ1n) is 17.5. The number of ether oxygens (including phenoxy) is 6. The molecule has 306 valence electrons. The Morgan fingerprint density at radius 1 is 0.583 bits per heavy atom. The highest BCUT2D eigenvalue weighted by Crippen LogP contribution is 2.47. The van der Waals surface area contributed by atoms with Crippen LogP contribution in [0, 0.1) is 0 Å². The molecule has 8 aromatic rings. The molecule has 0 amide bonds. The van der Waals surface area contributed by atoms with Gasteiger partial charge in [-0.1, -0.05) is 0 Å². The van der Waals surface area contributed by atoms with E-state index in [-0.39, 0.29) is 22.4 Å². The van der Waals surface area contributed by atoms with Crippen molar-refractivity contribution in [3.05, 3.63) is 110 Å². The lowest BCUT2D eigenvalue weighted by atomic mass is 9.90. The summed E-state index contributed by atoms with van der Waals surface area (Å²) in [4.78, 5) is 61.1. The van der Waals surface area contributed by atoms with Gasteiger partial charge in [0.15, 0.2) is 12.1 Å². The van der Waals surface area contributed by atoms with Crippen LogP contribution >= 0.6 is 34.0 Å². The molecule has 9 rings (SSSR count). The second-order valence-electron chi connectivity index (χ2n) is 12.5. The Hall–Kier alpha value is -6.57. The SMILES string of the molecule is COC(=O)c1cc2c(OC)c3cnccc3c(OC)c2s1.COC(O)c1cc2c(s1)C(=O)c1ccncc1C2=O.COc1c2cnccc2c(OC)c2sc(C(=O)O)cc12. The third-order valence-corrected chi connectivity index (χ3v) is 12.8. The summed E-state index contributed by atoms with van der Waals surface area (Å²) < 4.78 is 33.2. The molecule has 18 heteroatoms. The Labute approximate surface area is 352 Å². The fourth-order valence-electron chi connectivity index (χ4n) is 6.72. The highest BCUT2D eigenvalue weighted by atomic mass is 32.1. The van der Waals surface area contributed by atoms with E-state index in [4.69, 9.17) is 33.5 Å². The van der Waals surface area contributed by atoms with Gasteiger partial charge in [0, 0.05) is 87.7 Å². The summed E-state index contributed by atoms with van der Waals surface area (Å²) in [6.45, 7) is 0. The summed E-state index contributed by atoms with van der Waals surface area (Å²) in [5.41, 5.74) is 0.964. The van der Waals surface area contributed by atoms with Crippen LogP contribution in [0.25, 0.3) is 41.7 Å². The molecule has 6 aromatic heterocycles. The molecule has 0 saturated carbocycles. The number of ketones is 2. The van der Waals surface area contributed by atoms with Crippen molar-refractivity contribution >= 4 is 99.2 Å². The van der Waals surface area contributed by atoms with Gasteiger partial charge in [-0.15, -0.1) is 34.0 Å². The number of hydrogen-bond acceptors (Lipinski definition) is 17. The van der Waals surface area contributed by atoms with E-state index in [1.54, 1.807) is 65.4 Å². The van der Waals surface area contributed by atoms with E-state index in [9.17, 15) is 24.3 Å². The molecule has 0 saturated heterocycles. The van der Waals surface area contributed by atoms with E-state index in [1.807, 2.05) is 12.1 Å². The normalized spacial score (nSPS) is 12.2. The second kappa shape index (κ2) is 17.3. The minimum Gasteiger partial charge on any atom is -0.495 e. The zero-order valence-electron chi connectivity index (χ0n) is 32.5. The van der Waals surface area contributed by atoms with Crippen LogP contribution in [0.1, 0.15) is 61.7 Å². The topological polar surface area (TPSA) is 203 Å². The molecule has 1 aliphatic carbocycles. The van der Waals surface area contributed by atoms with Crippen molar-refractivity contribution in [1.29, 1.82) is 0 Å². The van der Waals surface area contributed by atoms with Gasteiger partial charge in [-0.25, -0.2) is 9.59 Å². The molecule has 0 spiro atoms. The molecule has 0 radical (unpaired) electrons. The van der Waals surface area contributed by atoms with E-state index < -0.39 is 12.3 Å². The van der Waals surface area contributed by atoms with Gasteiger partial charge in [0.05, 0.1) is 60.3 Å². The van der Waals surface area contributed by atoms with Crippen molar-refractivity contribution < 1.29 is 57.8 Å². The van der Waals surface area contributed by atoms with Gasteiger partial charge in [0.2, 0.25) is 5.78 Å². The first-order chi connectivity index (χ1) is 29.0. The van der Waals surface area contributed by atoms with Crippen LogP contribution in [0.15, 0.2) is 73.6 Å². The summed E-state index contributed by atoms with van der Waals surface area (Å²) in [5, 5.41) is 23.7. The summed E-state index contributed by atoms with van der Waals surface area (Å²) in [6, 6.07) is 10.1. The molecule has 2 N–H and O–H groups in total. The molecule has 60 heavy (non-hydrogen) atoms. The molecule has 2 aromatic carbocycles. The molecule has 1 unspecified atom stereocenters. The average molecular weight is 868 g/mol. The number of pyridine rings is 3. The van der Waals surface area contributed by atoms with Crippen molar-refractivity contribution in [3.63, 3.8) is 0 Å². The fraction of sp³-hybridized carbons (Fsp3) is 0.167. The number of carboxylic acid groups (broad SMARTS) is 1. The highest BCUT2D eigenvalue weighted by molar-refractivity contribution is 7.21. The highest BCUT2D eigenvalue weighted by Gasteiger charge is 2.33. The number of carbonyl (C=O) groups excluding carboxylic acids is 3. The maximum Gasteiger partial charge on any atom is 0.348 e. The summed E-state index contributed by atoms with van der Waals surface area (Å²) in [7, 11) is 9.06. The minimum atomic E-state index is -1.13. The summed E-state index contributed by atoms with van der Waals surface area (Å²) in [6.07, 6.45) is 8.53. The number of aromatic carboxylic acids is 1. The van der Waals surface area contributed by atoms with E-state index in [0.29, 0.717) is 54.3 Å². The van der Waals surface area contributed by atoms with Gasteiger partial charge < -0.3 is 38.6 Å². The first kappa shape index (κ1) is 41.6. The van der Waals surface area contributed by atoms with E-state index >= 15 is 0 Å². The molecule has 6 heterocycles. The average Bonchev–Trinajstić information content (AvgIpc) is 4.05. The lowest BCUT2D eigenvalue weighted by Crippen LogP contribution is -2.18. The molecule has 0 fully saturated rings. The molecule has 1 atom stereocenters. The van der Waals surface area contributed by atoms with Crippen LogP contribution in [0.3, 0.4) is 0 Å². The molecular weight excluding hydrogens is 835 g/mol. The number of hydrogen-bond donors (Lipinski definition) is 2. The Balaban J connectivity index is 0.000000136. The molecule has 15 nitrogen and oxygen atoms in total. The Bertz CT molecular complexity index is 2820. The van der Waals surface area contributed by atoms with Gasteiger partial charge in [0.1, 0.15) is 32.8 Å². The van der Waals surface area contributed by atoms with Crippen molar-refractivity contribution in [1.82, 2.24) is 15.0 Å². The molecular formula is C42H33N3O12S3. The van der Waals surface area contributed by atoms with Gasteiger partial charge in [-0.2, -0.15) is 0 Å². The fourth-order valence-corrected chi connectivity index (χ4v) is 9.93. The van der Waals surface area contributed by atoms with Crippen LogP contribution < -0.4 is 18.9 Å². The summed E-state index contributed by atoms with van der Waals surface area (Å²) in [5.74, 6) is 0.863. The lowest BCUT2D eigenvalue weighted by Gasteiger charge is -2.12. The van der Waals surface area contributed by atoms with Gasteiger partial charge in [0.25, 0.3) is 0 Å². The zero-order valence-corrected chi connectivity index (χ0v) is 35.0. The Morgan fingerprint density at radius 2 is 1.10 bits per heavy atom. The third kappa shape index (κ3) is 7.24. The van der Waals surface area contributed by atoms with Crippen LogP contribution in [0.5, 0.6) is 23.0 Å². The van der Waals surface area contributed by atoms with Gasteiger partial charge in [-0.05, 0) is 36.4 Å². The molecule has 1 aliphatic rings. The molecule has 0 aliphatic heterocycles. The van der Waals surface area contributed by atoms with E-state index in [0.717, 1.165) is 53.1 Å². The molecule has 0 bridgehead atoms. The van der Waals surface area contributed by atoms with Gasteiger partial charge >= 0.3 is 11.9 Å². The smallest absolute Gasteiger partial charge is 0.348 e. The lowest BCUT2D eigenvalue weighted by molar-refractivity contribution is -0.0743. The number of aromatic nitrogens is 3. The maximum absolute atomic E-state index is 12.3. The van der Waals surface area contributed by atoms with Crippen molar-refractivity contribution in [3.8, 4) is 23.0 Å². The van der Waals surface area contributed by atoms with Crippen molar-refractivity contribution in [2.45, 2.75) is 6.29 Å². The van der Waals surface area contributed by atoms with Crippen LogP contribution in [-0.2, 0) is 9.47 Å². The van der Waals surface area contributed by atoms with E-state index in [2.05, 4.69) is 15.0 Å². The number of carbonyl (C=O) groups is 4. The van der Waals surface area contributed by atoms with E-state index in [1.165, 1.54) is 61.4 Å². The predicted octanol–water partition coefficient (Wildman–Crippen LogP) is 7.97. The van der Waals surface area contributed by atoms with Crippen molar-refractivity contribution in [2.75, 3.05) is 42.7 Å². The number of methoxy groups -OCH3 is 6. The number of benzene rings is 2. The number of rotatable bonds is 8. The zero-order chi connectivity index (χ0) is 42.8. The number of esters is 1. The Kier molecular flexibility index (Phi) is 12.0. The Morgan fingerprint density at radius 3 is 1.62 bits per heavy atom. The summed E-state index contributed by atoms with van der Waals surface area (Å²) >= 11 is 3.58. The number of thiophene rings is 3. The van der Waals surface area contributed by atoms with Crippen LogP contribution in [0.4, 0.5) is 0 Å². The minimum absolute atomic E-state index is 0.216. The number of aliphatic hydroxyl groups is 1. The largest absolute Gasteiger partial charge is 0.495 e. The standard InChI is InChI=1S/C15H13NO4S.C14H11NO4S.C13H9NO4S/c1-18-12-9-6-11(15(17)20-3)21-14(9)13(19-2)8-4-5-16-7-10(8)12;1-18-11-8-5-10(14(16)17)20-13(8)12(19-2)7-3-4-15-6-9(7)11;1-18-13(17)9-4-7-10(15)8-5-14-3-2-6(8)11(16)12(7)19-9/h4-7H,1-3H3;3-6H,1-2H3,(H,16,17);2-5,13,17H,1H3. The number of fused-ring (bicyclic) bond motifs is 6. The second-order valence-corrected chi connectivity index (χ2v) is 15.7. The predicted molar refractivity (Wildman–Crippen MR) is 226 cm³/mol.